The van der Waals surface area contributed by atoms with Gasteiger partial charge in [-0.3, -0.25) is 9.69 Å². The van der Waals surface area contributed by atoms with Gasteiger partial charge in [0, 0.05) is 24.7 Å². The number of rotatable bonds is 7. The molecule has 18 heavy (non-hydrogen) atoms. The highest BCUT2D eigenvalue weighted by Gasteiger charge is 2.14. The van der Waals surface area contributed by atoms with Crippen molar-refractivity contribution in [2.75, 3.05) is 18.8 Å². The van der Waals surface area contributed by atoms with E-state index in [1.54, 1.807) is 0 Å². The Kier molecular flexibility index (Phi) is 5.65. The number of primary amides is 1. The van der Waals surface area contributed by atoms with Crippen LogP contribution in [-0.4, -0.2) is 23.9 Å². The van der Waals surface area contributed by atoms with Crippen LogP contribution in [0.3, 0.4) is 0 Å². The molecular formula is C14H23N3O. The van der Waals surface area contributed by atoms with Crippen LogP contribution in [0.5, 0.6) is 0 Å². The molecule has 0 aliphatic carbocycles. The minimum Gasteiger partial charge on any atom is -0.399 e. The Labute approximate surface area is 109 Å². The van der Waals surface area contributed by atoms with Crippen LogP contribution in [0.4, 0.5) is 5.69 Å². The lowest BCUT2D eigenvalue weighted by Gasteiger charge is -2.24. The van der Waals surface area contributed by atoms with E-state index < -0.39 is 0 Å². The molecule has 100 valence electrons. The Hall–Kier alpha value is -1.55. The van der Waals surface area contributed by atoms with Gasteiger partial charge in [-0.25, -0.2) is 0 Å². The third-order valence-electron chi connectivity index (χ3n) is 2.91. The fourth-order valence-corrected chi connectivity index (χ4v) is 1.98. The lowest BCUT2D eigenvalue weighted by Crippen LogP contribution is -2.35. The topological polar surface area (TPSA) is 72.3 Å². The second-order valence-corrected chi connectivity index (χ2v) is 4.78. The molecule has 1 unspecified atom stereocenters. The molecule has 0 aromatic heterocycles. The molecule has 0 saturated heterocycles. The third-order valence-corrected chi connectivity index (χ3v) is 2.91. The number of benzene rings is 1. The summed E-state index contributed by atoms with van der Waals surface area (Å²) < 4.78 is 0. The maximum atomic E-state index is 11.1. The lowest BCUT2D eigenvalue weighted by molar-refractivity contribution is -0.121. The first-order valence-corrected chi connectivity index (χ1v) is 6.39. The van der Waals surface area contributed by atoms with Crippen molar-refractivity contribution in [1.82, 2.24) is 4.90 Å². The van der Waals surface area contributed by atoms with Crippen molar-refractivity contribution in [2.24, 2.45) is 11.7 Å². The average molecular weight is 249 g/mol. The van der Waals surface area contributed by atoms with Crippen molar-refractivity contribution >= 4 is 11.6 Å². The summed E-state index contributed by atoms with van der Waals surface area (Å²) in [5.74, 6) is -0.374. The predicted molar refractivity (Wildman–Crippen MR) is 74.8 cm³/mol. The number of nitrogens with two attached hydrogens (primary N) is 2. The summed E-state index contributed by atoms with van der Waals surface area (Å²) in [6.45, 7) is 6.44. The van der Waals surface area contributed by atoms with Gasteiger partial charge in [0.25, 0.3) is 0 Å². The number of hydrogen-bond acceptors (Lipinski definition) is 3. The molecule has 1 atom stereocenters. The van der Waals surface area contributed by atoms with Gasteiger partial charge in [-0.2, -0.15) is 0 Å². The lowest BCUT2D eigenvalue weighted by atomic mass is 10.1. The number of amides is 1. The molecule has 0 bridgehead atoms. The Morgan fingerprint density at radius 1 is 1.44 bits per heavy atom. The van der Waals surface area contributed by atoms with E-state index in [2.05, 4.69) is 11.8 Å². The molecule has 4 nitrogen and oxygen atoms in total. The molecule has 0 radical (unpaired) electrons. The monoisotopic (exact) mass is 249 g/mol. The first-order chi connectivity index (χ1) is 8.52. The molecule has 0 aliphatic heterocycles. The molecule has 1 rings (SSSR count). The summed E-state index contributed by atoms with van der Waals surface area (Å²) in [6, 6.07) is 7.84. The van der Waals surface area contributed by atoms with Gasteiger partial charge in [0.1, 0.15) is 0 Å². The Balaban J connectivity index is 2.65. The minimum absolute atomic E-state index is 0.127. The number of nitrogen functional groups attached to an aromatic ring is 1. The first-order valence-electron chi connectivity index (χ1n) is 6.39. The van der Waals surface area contributed by atoms with E-state index in [1.165, 1.54) is 5.56 Å². The molecule has 4 N–H and O–H groups in total. The van der Waals surface area contributed by atoms with Crippen molar-refractivity contribution in [3.05, 3.63) is 29.8 Å². The van der Waals surface area contributed by atoms with Crippen LogP contribution >= 0.6 is 0 Å². The van der Waals surface area contributed by atoms with Gasteiger partial charge in [0.05, 0.1) is 0 Å². The van der Waals surface area contributed by atoms with Crippen LogP contribution in [-0.2, 0) is 11.3 Å². The zero-order valence-electron chi connectivity index (χ0n) is 11.2. The summed E-state index contributed by atoms with van der Waals surface area (Å²) in [6.07, 6.45) is 1.05. The van der Waals surface area contributed by atoms with E-state index >= 15 is 0 Å². The van der Waals surface area contributed by atoms with Gasteiger partial charge in [-0.1, -0.05) is 26.0 Å². The third kappa shape index (κ3) is 4.75. The van der Waals surface area contributed by atoms with Crippen LogP contribution in [0, 0.1) is 5.92 Å². The van der Waals surface area contributed by atoms with Gasteiger partial charge in [-0.15, -0.1) is 0 Å². The SMILES string of the molecule is CCCN(Cc1cccc(N)c1)CC(C)C(N)=O. The molecule has 0 spiro atoms. The van der Waals surface area contributed by atoms with Gasteiger partial charge in [-0.05, 0) is 30.7 Å². The second kappa shape index (κ2) is 7.01. The van der Waals surface area contributed by atoms with E-state index in [9.17, 15) is 4.79 Å². The summed E-state index contributed by atoms with van der Waals surface area (Å²) in [5.41, 5.74) is 13.0. The fraction of sp³-hybridized carbons (Fsp3) is 0.500. The highest BCUT2D eigenvalue weighted by molar-refractivity contribution is 5.76. The van der Waals surface area contributed by atoms with Gasteiger partial charge in [0.15, 0.2) is 0 Å². The molecule has 4 heteroatoms. The molecular weight excluding hydrogens is 226 g/mol. The van der Waals surface area contributed by atoms with E-state index in [-0.39, 0.29) is 11.8 Å². The second-order valence-electron chi connectivity index (χ2n) is 4.78. The fourth-order valence-electron chi connectivity index (χ4n) is 1.98. The molecule has 0 saturated carbocycles. The first kappa shape index (κ1) is 14.5. The van der Waals surface area contributed by atoms with Crippen LogP contribution in [0.2, 0.25) is 0 Å². The van der Waals surface area contributed by atoms with Crippen LogP contribution in [0.1, 0.15) is 25.8 Å². The van der Waals surface area contributed by atoms with Crippen molar-refractivity contribution in [3.8, 4) is 0 Å². The average Bonchev–Trinajstić information content (AvgIpc) is 2.29. The van der Waals surface area contributed by atoms with Gasteiger partial charge in [0.2, 0.25) is 5.91 Å². The largest absolute Gasteiger partial charge is 0.399 e. The summed E-state index contributed by atoms with van der Waals surface area (Å²) in [5, 5.41) is 0. The number of anilines is 1. The van der Waals surface area contributed by atoms with Gasteiger partial charge < -0.3 is 11.5 Å². The van der Waals surface area contributed by atoms with Crippen molar-refractivity contribution in [1.29, 1.82) is 0 Å². The van der Waals surface area contributed by atoms with Crippen molar-refractivity contribution < 1.29 is 4.79 Å². The van der Waals surface area contributed by atoms with Gasteiger partial charge >= 0.3 is 0 Å². The van der Waals surface area contributed by atoms with Crippen LogP contribution in [0.25, 0.3) is 0 Å². The number of carbonyl (C=O) groups is 1. The standard InChI is InChI=1S/C14H23N3O/c1-3-7-17(9-11(2)14(16)18)10-12-5-4-6-13(15)8-12/h4-6,8,11H,3,7,9-10,15H2,1-2H3,(H2,16,18). The Morgan fingerprint density at radius 3 is 2.72 bits per heavy atom. The molecule has 1 aromatic rings. The van der Waals surface area contributed by atoms with Crippen molar-refractivity contribution in [2.45, 2.75) is 26.8 Å². The summed E-state index contributed by atoms with van der Waals surface area (Å²) >= 11 is 0. The zero-order valence-corrected chi connectivity index (χ0v) is 11.2. The normalized spacial score (nSPS) is 12.6. The van der Waals surface area contributed by atoms with E-state index in [0.717, 1.165) is 25.2 Å². The maximum Gasteiger partial charge on any atom is 0.221 e. The quantitative estimate of drug-likeness (QED) is 0.721. The highest BCUT2D eigenvalue weighted by atomic mass is 16.1. The number of carbonyl (C=O) groups excluding carboxylic acids is 1. The predicted octanol–water partition coefficient (Wildman–Crippen LogP) is 1.60. The van der Waals surface area contributed by atoms with Crippen molar-refractivity contribution in [3.63, 3.8) is 0 Å². The maximum absolute atomic E-state index is 11.1. The molecule has 1 amide bonds. The number of hydrogen-bond donors (Lipinski definition) is 2. The minimum atomic E-state index is -0.247. The summed E-state index contributed by atoms with van der Waals surface area (Å²) in [4.78, 5) is 13.4. The van der Waals surface area contributed by atoms with Crippen LogP contribution < -0.4 is 11.5 Å². The smallest absolute Gasteiger partial charge is 0.221 e. The molecule has 0 fully saturated rings. The zero-order chi connectivity index (χ0) is 13.5. The highest BCUT2D eigenvalue weighted by Crippen LogP contribution is 2.11. The molecule has 0 heterocycles. The summed E-state index contributed by atoms with van der Waals surface area (Å²) in [7, 11) is 0. The number of nitrogens with zero attached hydrogens (tertiary/aromatic N) is 1. The van der Waals surface area contributed by atoms with E-state index in [1.807, 2.05) is 31.2 Å². The van der Waals surface area contributed by atoms with Crippen LogP contribution in [0.15, 0.2) is 24.3 Å². The Bertz CT molecular complexity index is 392. The van der Waals surface area contributed by atoms with E-state index in [4.69, 9.17) is 11.5 Å². The Morgan fingerprint density at radius 2 is 2.17 bits per heavy atom. The molecule has 0 aliphatic rings. The van der Waals surface area contributed by atoms with E-state index in [0.29, 0.717) is 6.54 Å². The molecule has 1 aromatic carbocycles.